The third kappa shape index (κ3) is 7.32. The minimum atomic E-state index is -3.95. The molecule has 1 aliphatic heterocycles. The lowest BCUT2D eigenvalue weighted by Crippen LogP contribution is -2.44. The lowest BCUT2D eigenvalue weighted by Gasteiger charge is -2.24. The van der Waals surface area contributed by atoms with Gasteiger partial charge < -0.3 is 24.6 Å². The van der Waals surface area contributed by atoms with Crippen LogP contribution in [0.3, 0.4) is 0 Å². The van der Waals surface area contributed by atoms with Crippen LogP contribution in [0.5, 0.6) is 0 Å². The zero-order valence-electron chi connectivity index (χ0n) is 20.6. The van der Waals surface area contributed by atoms with Gasteiger partial charge in [-0.3, -0.25) is 19.5 Å². The summed E-state index contributed by atoms with van der Waals surface area (Å²) in [5, 5.41) is 14.3. The van der Waals surface area contributed by atoms with Gasteiger partial charge in [-0.05, 0) is 24.1 Å². The first-order chi connectivity index (χ1) is 18.0. The van der Waals surface area contributed by atoms with E-state index in [0.717, 1.165) is 12.3 Å². The van der Waals surface area contributed by atoms with Crippen LogP contribution in [0.4, 0.5) is 25.1 Å². The van der Waals surface area contributed by atoms with Crippen LogP contribution in [0, 0.1) is 5.92 Å². The van der Waals surface area contributed by atoms with E-state index in [-0.39, 0.29) is 24.8 Å². The summed E-state index contributed by atoms with van der Waals surface area (Å²) in [5.41, 5.74) is -0.699. The number of nitrogens with zero attached hydrogens (tertiary/aromatic N) is 2. The van der Waals surface area contributed by atoms with Crippen molar-refractivity contribution in [3.8, 4) is 0 Å². The Morgan fingerprint density at radius 3 is 2.50 bits per heavy atom. The molecule has 1 saturated heterocycles. The molecule has 0 saturated carbocycles. The Hall–Kier alpha value is -3.91. The Labute approximate surface area is 215 Å². The van der Waals surface area contributed by atoms with Crippen molar-refractivity contribution in [3.63, 3.8) is 0 Å². The average molecular weight is 539 g/mol. The summed E-state index contributed by atoms with van der Waals surface area (Å²) < 4.78 is 45.9. The van der Waals surface area contributed by atoms with Gasteiger partial charge in [0.2, 0.25) is 12.1 Å². The molecule has 38 heavy (non-hydrogen) atoms. The number of ether oxygens (including phenoxy) is 3. The third-order valence-electron chi connectivity index (χ3n) is 5.26. The molecule has 0 bridgehead atoms. The van der Waals surface area contributed by atoms with Gasteiger partial charge >= 0.3 is 23.7 Å². The number of alkyl halides is 2. The fourth-order valence-electron chi connectivity index (χ4n) is 3.47. The molecular weight excluding hydrogens is 510 g/mol. The second-order valence-corrected chi connectivity index (χ2v) is 8.83. The van der Waals surface area contributed by atoms with Crippen molar-refractivity contribution in [2.24, 2.45) is 5.92 Å². The van der Waals surface area contributed by atoms with Crippen LogP contribution in [-0.2, 0) is 23.8 Å². The number of carbonyl (C=O) groups excluding carboxylic acids is 3. The molecule has 2 amide bonds. The SMILES string of the molecule is CC(C)COC(=O)Nc1ccn([C@@H]2O[C@H](CO)[C@@H](OC(=O)CCC(=O)Nc3ccccc3)C2(F)F)c(=O)n1. The van der Waals surface area contributed by atoms with E-state index >= 15 is 8.78 Å². The van der Waals surface area contributed by atoms with Crippen LogP contribution in [0.15, 0.2) is 47.4 Å². The number of aliphatic hydroxyl groups excluding tert-OH is 1. The maximum absolute atomic E-state index is 15.2. The highest BCUT2D eigenvalue weighted by molar-refractivity contribution is 5.92. The number of anilines is 2. The lowest BCUT2D eigenvalue weighted by atomic mass is 10.1. The van der Waals surface area contributed by atoms with Crippen LogP contribution in [0.2, 0.25) is 0 Å². The number of benzene rings is 1. The van der Waals surface area contributed by atoms with Crippen molar-refractivity contribution in [3.05, 3.63) is 53.1 Å². The fraction of sp³-hybridized carbons (Fsp3) is 0.458. The molecule has 206 valence electrons. The summed E-state index contributed by atoms with van der Waals surface area (Å²) in [5.74, 6) is -5.77. The molecular formula is C24H28F2N4O8. The topological polar surface area (TPSA) is 158 Å². The number of nitrogens with one attached hydrogen (secondary N) is 2. The number of esters is 1. The number of aromatic nitrogens is 2. The van der Waals surface area contributed by atoms with Gasteiger partial charge in [0.25, 0.3) is 0 Å². The van der Waals surface area contributed by atoms with E-state index in [1.165, 1.54) is 0 Å². The number of para-hydroxylation sites is 1. The molecule has 0 unspecified atom stereocenters. The molecule has 2 heterocycles. The maximum atomic E-state index is 15.2. The van der Waals surface area contributed by atoms with Crippen LogP contribution in [-0.4, -0.2) is 64.0 Å². The Bertz CT molecular complexity index is 1190. The largest absolute Gasteiger partial charge is 0.453 e. The lowest BCUT2D eigenvalue weighted by molar-refractivity contribution is -0.176. The van der Waals surface area contributed by atoms with E-state index in [1.807, 2.05) is 13.8 Å². The molecule has 1 aliphatic rings. The minimum absolute atomic E-state index is 0.0661. The highest BCUT2D eigenvalue weighted by Gasteiger charge is 2.62. The smallest absolute Gasteiger partial charge is 0.412 e. The second kappa shape index (κ2) is 12.6. The predicted molar refractivity (Wildman–Crippen MR) is 128 cm³/mol. The number of rotatable bonds is 10. The van der Waals surface area contributed by atoms with Crippen LogP contribution in [0.1, 0.15) is 32.9 Å². The van der Waals surface area contributed by atoms with Crippen molar-refractivity contribution in [1.29, 1.82) is 0 Å². The maximum Gasteiger partial charge on any atom is 0.412 e. The highest BCUT2D eigenvalue weighted by atomic mass is 19.3. The minimum Gasteiger partial charge on any atom is -0.453 e. The third-order valence-corrected chi connectivity index (χ3v) is 5.26. The Kier molecular flexibility index (Phi) is 9.47. The van der Waals surface area contributed by atoms with Crippen LogP contribution < -0.4 is 16.3 Å². The summed E-state index contributed by atoms with van der Waals surface area (Å²) in [6, 6.07) is 9.50. The Morgan fingerprint density at radius 1 is 1.16 bits per heavy atom. The first-order valence-corrected chi connectivity index (χ1v) is 11.7. The van der Waals surface area contributed by atoms with Crippen LogP contribution in [0.25, 0.3) is 0 Å². The number of hydrogen-bond acceptors (Lipinski definition) is 9. The molecule has 0 radical (unpaired) electrons. The number of aliphatic hydroxyl groups is 1. The van der Waals surface area contributed by atoms with E-state index in [9.17, 15) is 24.3 Å². The van der Waals surface area contributed by atoms with Gasteiger partial charge in [-0.15, -0.1) is 0 Å². The van der Waals surface area contributed by atoms with Gasteiger partial charge in [-0.1, -0.05) is 32.0 Å². The summed E-state index contributed by atoms with van der Waals surface area (Å²) in [7, 11) is 0. The zero-order chi connectivity index (χ0) is 27.9. The molecule has 1 aromatic carbocycles. The first kappa shape index (κ1) is 28.7. The number of hydrogen-bond donors (Lipinski definition) is 3. The molecule has 3 atom stereocenters. The summed E-state index contributed by atoms with van der Waals surface area (Å²) in [6.45, 7) is 2.82. The van der Waals surface area contributed by atoms with Gasteiger partial charge in [0.05, 0.1) is 19.6 Å². The molecule has 0 aliphatic carbocycles. The molecule has 1 fully saturated rings. The standard InChI is InChI=1S/C24H28F2N4O8/c1-14(2)13-36-23(35)29-17-10-11-30(22(34)28-17)21-24(25,26)20(16(12-31)37-21)38-19(33)9-8-18(32)27-15-6-4-3-5-7-15/h3-7,10-11,14,16,20-21,31H,8-9,12-13H2,1-2H3,(H,27,32)(H,28,29,34,35)/t16-,20-,21-/m1/s1. The highest BCUT2D eigenvalue weighted by Crippen LogP contribution is 2.44. The van der Waals surface area contributed by atoms with Crippen molar-refractivity contribution < 1.29 is 42.5 Å². The molecule has 0 spiro atoms. The first-order valence-electron chi connectivity index (χ1n) is 11.7. The van der Waals surface area contributed by atoms with Crippen molar-refractivity contribution in [2.75, 3.05) is 23.8 Å². The molecule has 3 N–H and O–H groups in total. The normalized spacial score (nSPS) is 20.1. The predicted octanol–water partition coefficient (Wildman–Crippen LogP) is 2.30. The van der Waals surface area contributed by atoms with Gasteiger partial charge in [-0.2, -0.15) is 13.8 Å². The molecule has 12 nitrogen and oxygen atoms in total. The zero-order valence-corrected chi connectivity index (χ0v) is 20.6. The monoisotopic (exact) mass is 538 g/mol. The second-order valence-electron chi connectivity index (χ2n) is 8.83. The fourth-order valence-corrected chi connectivity index (χ4v) is 3.47. The van der Waals surface area contributed by atoms with E-state index in [0.29, 0.717) is 10.3 Å². The van der Waals surface area contributed by atoms with E-state index in [4.69, 9.17) is 14.2 Å². The van der Waals surface area contributed by atoms with Crippen molar-refractivity contribution >= 4 is 29.5 Å². The van der Waals surface area contributed by atoms with E-state index < -0.39 is 61.0 Å². The summed E-state index contributed by atoms with van der Waals surface area (Å²) >= 11 is 0. The number of amides is 2. The van der Waals surface area contributed by atoms with E-state index in [2.05, 4.69) is 15.6 Å². The van der Waals surface area contributed by atoms with Crippen molar-refractivity contribution in [2.45, 2.75) is 51.0 Å². The molecule has 1 aromatic heterocycles. The quantitative estimate of drug-likeness (QED) is 0.386. The van der Waals surface area contributed by atoms with Gasteiger partial charge in [0.15, 0.2) is 6.10 Å². The number of carbonyl (C=O) groups is 3. The average Bonchev–Trinajstić information content (AvgIpc) is 3.11. The van der Waals surface area contributed by atoms with Gasteiger partial charge in [-0.25, -0.2) is 9.59 Å². The summed E-state index contributed by atoms with van der Waals surface area (Å²) in [6.07, 6.45) is -6.97. The van der Waals surface area contributed by atoms with E-state index in [1.54, 1.807) is 30.3 Å². The van der Waals surface area contributed by atoms with Gasteiger partial charge in [0.1, 0.15) is 11.9 Å². The van der Waals surface area contributed by atoms with Crippen molar-refractivity contribution in [1.82, 2.24) is 9.55 Å². The van der Waals surface area contributed by atoms with Crippen LogP contribution >= 0.6 is 0 Å². The molecule has 3 rings (SSSR count). The summed E-state index contributed by atoms with van der Waals surface area (Å²) in [4.78, 5) is 52.0. The Morgan fingerprint density at radius 2 is 1.87 bits per heavy atom. The molecule has 14 heteroatoms. The van der Waals surface area contributed by atoms with Gasteiger partial charge in [0, 0.05) is 18.3 Å². The Balaban J connectivity index is 1.63. The molecule has 2 aromatic rings. The number of halogens is 2.